The molecule has 4 rings (SSSR count). The molecule has 3 amide bonds. The molecule has 0 radical (unpaired) electrons. The number of carbonyl (C=O) groups is 2. The van der Waals surface area contributed by atoms with E-state index in [0.717, 1.165) is 12.0 Å². The van der Waals surface area contributed by atoms with E-state index in [1.165, 1.54) is 11.8 Å². The third-order valence-corrected chi connectivity index (χ3v) is 5.56. The number of urea groups is 1. The number of nitrogens with zero attached hydrogens (tertiary/aromatic N) is 3. The van der Waals surface area contributed by atoms with E-state index in [2.05, 4.69) is 0 Å². The van der Waals surface area contributed by atoms with Crippen LogP contribution in [0, 0.1) is 0 Å². The Balaban J connectivity index is 1.38. The van der Waals surface area contributed by atoms with Crippen molar-refractivity contribution in [1.82, 2.24) is 14.7 Å². The smallest absolute Gasteiger partial charge is 0.320 e. The fraction of sp³-hybridized carbons (Fsp3) is 0.429. The molecular weight excluding hydrogens is 374 g/mol. The molecular formula is C21H25N3O5. The van der Waals surface area contributed by atoms with Gasteiger partial charge in [0, 0.05) is 39.3 Å². The van der Waals surface area contributed by atoms with Crippen molar-refractivity contribution in [3.63, 3.8) is 0 Å². The van der Waals surface area contributed by atoms with Crippen LogP contribution in [0.2, 0.25) is 0 Å². The molecule has 0 bridgehead atoms. The number of hydrogen-bond acceptors (Lipinski definition) is 5. The second-order valence-corrected chi connectivity index (χ2v) is 7.19. The van der Waals surface area contributed by atoms with Crippen molar-refractivity contribution in [2.75, 3.05) is 46.9 Å². The highest BCUT2D eigenvalue weighted by Crippen LogP contribution is 2.33. The van der Waals surface area contributed by atoms with Gasteiger partial charge in [0.05, 0.1) is 20.5 Å². The Bertz CT molecular complexity index is 888. The van der Waals surface area contributed by atoms with Crippen LogP contribution in [0.15, 0.2) is 34.9 Å². The van der Waals surface area contributed by atoms with E-state index < -0.39 is 0 Å². The standard InChI is InChI=1S/C21H25N3O5/c1-27-18-12-15-5-6-24(14-16(15)13-19(18)28-2)21(26)23-9-7-22(8-10-23)20(25)17-4-3-11-29-17/h3-4,11-13H,5-10,14H2,1-2H3. The first-order valence-electron chi connectivity index (χ1n) is 9.71. The van der Waals surface area contributed by atoms with Gasteiger partial charge in [-0.15, -0.1) is 0 Å². The topological polar surface area (TPSA) is 75.5 Å². The average molecular weight is 399 g/mol. The Labute approximate surface area is 169 Å². The van der Waals surface area contributed by atoms with E-state index >= 15 is 0 Å². The van der Waals surface area contributed by atoms with E-state index in [0.29, 0.717) is 56.5 Å². The Hall–Kier alpha value is -3.16. The summed E-state index contributed by atoms with van der Waals surface area (Å²) in [5.41, 5.74) is 2.26. The predicted octanol–water partition coefficient (Wildman–Crippen LogP) is 2.23. The van der Waals surface area contributed by atoms with E-state index in [4.69, 9.17) is 13.9 Å². The Morgan fingerprint density at radius 1 is 0.897 bits per heavy atom. The summed E-state index contributed by atoms with van der Waals surface area (Å²) in [6.45, 7) is 3.23. The lowest BCUT2D eigenvalue weighted by Gasteiger charge is -2.38. The van der Waals surface area contributed by atoms with Gasteiger partial charge in [0.25, 0.3) is 5.91 Å². The molecule has 0 atom stereocenters. The van der Waals surface area contributed by atoms with E-state index in [-0.39, 0.29) is 11.9 Å². The highest BCUT2D eigenvalue weighted by atomic mass is 16.5. The van der Waals surface area contributed by atoms with Crippen LogP contribution in [0.3, 0.4) is 0 Å². The second-order valence-electron chi connectivity index (χ2n) is 7.19. The molecule has 1 aromatic heterocycles. The number of hydrogen-bond donors (Lipinski definition) is 0. The highest BCUT2D eigenvalue weighted by molar-refractivity contribution is 5.91. The van der Waals surface area contributed by atoms with Crippen LogP contribution < -0.4 is 9.47 Å². The summed E-state index contributed by atoms with van der Waals surface area (Å²) in [6, 6.07) is 7.32. The molecule has 2 aliphatic rings. The predicted molar refractivity (Wildman–Crippen MR) is 105 cm³/mol. The summed E-state index contributed by atoms with van der Waals surface area (Å²) in [4.78, 5) is 30.8. The van der Waals surface area contributed by atoms with Gasteiger partial charge in [0.2, 0.25) is 0 Å². The highest BCUT2D eigenvalue weighted by Gasteiger charge is 2.30. The van der Waals surface area contributed by atoms with Gasteiger partial charge in [-0.3, -0.25) is 4.79 Å². The first-order chi connectivity index (χ1) is 14.1. The number of benzene rings is 1. The average Bonchev–Trinajstić information content (AvgIpc) is 3.31. The summed E-state index contributed by atoms with van der Waals surface area (Å²) in [5, 5.41) is 0. The molecule has 2 aromatic rings. The van der Waals surface area contributed by atoms with Crippen LogP contribution >= 0.6 is 0 Å². The third kappa shape index (κ3) is 3.74. The number of methoxy groups -OCH3 is 2. The number of fused-ring (bicyclic) bond motifs is 1. The van der Waals surface area contributed by atoms with Crippen molar-refractivity contribution in [2.45, 2.75) is 13.0 Å². The number of amides is 3. The monoisotopic (exact) mass is 399 g/mol. The van der Waals surface area contributed by atoms with E-state index in [1.54, 1.807) is 31.3 Å². The number of carbonyl (C=O) groups excluding carboxylic acids is 2. The molecule has 0 spiro atoms. The van der Waals surface area contributed by atoms with E-state index in [9.17, 15) is 9.59 Å². The van der Waals surface area contributed by atoms with Gasteiger partial charge in [0.1, 0.15) is 0 Å². The van der Waals surface area contributed by atoms with E-state index in [1.807, 2.05) is 21.9 Å². The first kappa shape index (κ1) is 19.2. The van der Waals surface area contributed by atoms with Crippen molar-refractivity contribution < 1.29 is 23.5 Å². The largest absolute Gasteiger partial charge is 0.493 e. The second kappa shape index (κ2) is 8.06. The minimum atomic E-state index is -0.130. The zero-order chi connectivity index (χ0) is 20.4. The first-order valence-corrected chi connectivity index (χ1v) is 9.71. The van der Waals surface area contributed by atoms with Gasteiger partial charge in [0.15, 0.2) is 17.3 Å². The van der Waals surface area contributed by atoms with Crippen molar-refractivity contribution >= 4 is 11.9 Å². The van der Waals surface area contributed by atoms with Crippen LogP contribution in [0.5, 0.6) is 11.5 Å². The molecule has 8 heteroatoms. The molecule has 1 saturated heterocycles. The van der Waals surface area contributed by atoms with Gasteiger partial charge in [-0.2, -0.15) is 0 Å². The fourth-order valence-corrected chi connectivity index (χ4v) is 3.90. The molecule has 1 fully saturated rings. The molecule has 0 aliphatic carbocycles. The SMILES string of the molecule is COc1cc2c(cc1OC)CN(C(=O)N1CCN(C(=O)c3ccco3)CC1)CC2. The van der Waals surface area contributed by atoms with Gasteiger partial charge < -0.3 is 28.6 Å². The molecule has 154 valence electrons. The summed E-state index contributed by atoms with van der Waals surface area (Å²) in [6.07, 6.45) is 2.27. The number of piperazine rings is 1. The Morgan fingerprint density at radius 3 is 2.17 bits per heavy atom. The lowest BCUT2D eigenvalue weighted by molar-refractivity contribution is 0.0606. The van der Waals surface area contributed by atoms with Crippen LogP contribution in [0.25, 0.3) is 0 Å². The number of furan rings is 1. The maximum Gasteiger partial charge on any atom is 0.320 e. The van der Waals surface area contributed by atoms with Crippen LogP contribution in [0.1, 0.15) is 21.7 Å². The summed E-state index contributed by atoms with van der Waals surface area (Å²) < 4.78 is 16.0. The minimum Gasteiger partial charge on any atom is -0.493 e. The molecule has 1 aromatic carbocycles. The zero-order valence-electron chi connectivity index (χ0n) is 16.7. The van der Waals surface area contributed by atoms with Crippen molar-refractivity contribution in [2.24, 2.45) is 0 Å². The quantitative estimate of drug-likeness (QED) is 0.791. The van der Waals surface area contributed by atoms with Crippen molar-refractivity contribution in [3.05, 3.63) is 47.4 Å². The third-order valence-electron chi connectivity index (χ3n) is 5.56. The van der Waals surface area contributed by atoms with Gasteiger partial charge in [-0.25, -0.2) is 4.79 Å². The lowest BCUT2D eigenvalue weighted by Crippen LogP contribution is -2.54. The van der Waals surface area contributed by atoms with Crippen molar-refractivity contribution in [1.29, 1.82) is 0 Å². The minimum absolute atomic E-state index is 0.00975. The molecule has 8 nitrogen and oxygen atoms in total. The maximum absolute atomic E-state index is 13.0. The molecule has 0 saturated carbocycles. The lowest BCUT2D eigenvalue weighted by atomic mass is 9.99. The molecule has 3 heterocycles. The summed E-state index contributed by atoms with van der Waals surface area (Å²) in [7, 11) is 3.23. The van der Waals surface area contributed by atoms with Gasteiger partial charge in [-0.1, -0.05) is 0 Å². The van der Waals surface area contributed by atoms with Crippen molar-refractivity contribution in [3.8, 4) is 11.5 Å². The molecule has 0 N–H and O–H groups in total. The maximum atomic E-state index is 13.0. The number of ether oxygens (including phenoxy) is 2. The van der Waals surface area contributed by atoms with Gasteiger partial charge >= 0.3 is 6.03 Å². The Morgan fingerprint density at radius 2 is 1.55 bits per heavy atom. The molecule has 29 heavy (non-hydrogen) atoms. The molecule has 2 aliphatic heterocycles. The fourth-order valence-electron chi connectivity index (χ4n) is 3.90. The summed E-state index contributed by atoms with van der Waals surface area (Å²) >= 11 is 0. The molecule has 0 unspecified atom stereocenters. The summed E-state index contributed by atoms with van der Waals surface area (Å²) in [5.74, 6) is 1.59. The number of rotatable bonds is 3. The van der Waals surface area contributed by atoms with Crippen LogP contribution in [0.4, 0.5) is 4.79 Å². The Kier molecular flexibility index (Phi) is 5.33. The zero-order valence-corrected chi connectivity index (χ0v) is 16.7. The normalized spacial score (nSPS) is 16.4. The van der Waals surface area contributed by atoms with Crippen LogP contribution in [-0.4, -0.2) is 73.6 Å². The van der Waals surface area contributed by atoms with Crippen LogP contribution in [-0.2, 0) is 13.0 Å². The van der Waals surface area contributed by atoms with Gasteiger partial charge in [-0.05, 0) is 41.8 Å².